The van der Waals surface area contributed by atoms with E-state index in [1.54, 1.807) is 0 Å². The Bertz CT molecular complexity index is 825. The van der Waals surface area contributed by atoms with Crippen LogP contribution in [-0.4, -0.2) is 36.6 Å². The summed E-state index contributed by atoms with van der Waals surface area (Å²) < 4.78 is 6.44. The summed E-state index contributed by atoms with van der Waals surface area (Å²) in [5, 5.41) is 1.25. The van der Waals surface area contributed by atoms with E-state index in [0.717, 1.165) is 37.1 Å². The minimum absolute atomic E-state index is 0.240. The van der Waals surface area contributed by atoms with Crippen LogP contribution in [0, 0.1) is 0 Å². The van der Waals surface area contributed by atoms with Crippen molar-refractivity contribution in [3.8, 4) is 5.75 Å². The first-order valence-electron chi connectivity index (χ1n) is 8.68. The van der Waals surface area contributed by atoms with Gasteiger partial charge in [-0.25, -0.2) is 0 Å². The lowest BCUT2D eigenvalue weighted by Gasteiger charge is -2.15. The van der Waals surface area contributed by atoms with Crippen molar-refractivity contribution in [2.45, 2.75) is 25.4 Å². The van der Waals surface area contributed by atoms with Crippen molar-refractivity contribution < 1.29 is 4.74 Å². The van der Waals surface area contributed by atoms with Crippen molar-refractivity contribution in [1.82, 2.24) is 9.88 Å². The van der Waals surface area contributed by atoms with Gasteiger partial charge < -0.3 is 14.6 Å². The molecule has 0 radical (unpaired) electrons. The van der Waals surface area contributed by atoms with Gasteiger partial charge in [0.2, 0.25) is 0 Å². The topological polar surface area (TPSA) is 28.3 Å². The third-order valence-electron chi connectivity index (χ3n) is 4.88. The lowest BCUT2D eigenvalue weighted by molar-refractivity contribution is 0.216. The second-order valence-corrected chi connectivity index (χ2v) is 6.96. The quantitative estimate of drug-likeness (QED) is 0.774. The van der Waals surface area contributed by atoms with E-state index in [0.29, 0.717) is 0 Å². The Balaban J connectivity index is 1.59. The molecule has 1 aliphatic rings. The molecule has 1 aliphatic carbocycles. The summed E-state index contributed by atoms with van der Waals surface area (Å²) in [6.07, 6.45) is 5.40. The van der Waals surface area contributed by atoms with E-state index in [2.05, 4.69) is 72.6 Å². The Kier molecular flexibility index (Phi) is 4.03. The lowest BCUT2D eigenvalue weighted by Crippen LogP contribution is -2.17. The molecule has 0 aliphatic heterocycles. The van der Waals surface area contributed by atoms with Crippen LogP contribution in [0.1, 0.15) is 16.7 Å². The Morgan fingerprint density at radius 3 is 2.50 bits per heavy atom. The summed E-state index contributed by atoms with van der Waals surface area (Å²) in [6, 6.07) is 15.0. The fourth-order valence-electron chi connectivity index (χ4n) is 3.64. The van der Waals surface area contributed by atoms with Gasteiger partial charge in [0, 0.05) is 36.5 Å². The van der Waals surface area contributed by atoms with E-state index in [1.165, 1.54) is 22.1 Å². The molecule has 0 unspecified atom stereocenters. The van der Waals surface area contributed by atoms with Gasteiger partial charge in [-0.15, -0.1) is 0 Å². The van der Waals surface area contributed by atoms with Crippen LogP contribution < -0.4 is 4.74 Å². The normalized spacial score (nSPS) is 14.5. The number of likely N-dealkylation sites (N-methyl/N-ethyl adjacent to an activating group) is 1. The number of nitrogens with one attached hydrogen (secondary N) is 1. The fraction of sp³-hybridized carbons (Fsp3) is 0.333. The molecule has 1 N–H and O–H groups in total. The zero-order chi connectivity index (χ0) is 16.5. The maximum absolute atomic E-state index is 6.44. The second kappa shape index (κ2) is 6.33. The molecule has 0 fully saturated rings. The number of nitrogens with zero attached hydrogens (tertiary/aromatic N) is 1. The van der Waals surface area contributed by atoms with Gasteiger partial charge in [-0.1, -0.05) is 30.3 Å². The molecule has 0 saturated carbocycles. The van der Waals surface area contributed by atoms with Gasteiger partial charge >= 0.3 is 0 Å². The molecule has 0 bridgehead atoms. The van der Waals surface area contributed by atoms with Crippen molar-refractivity contribution >= 4 is 10.9 Å². The maximum atomic E-state index is 6.44. The molecule has 2 aromatic carbocycles. The zero-order valence-corrected chi connectivity index (χ0v) is 14.4. The molecule has 1 aromatic heterocycles. The van der Waals surface area contributed by atoms with Crippen LogP contribution in [0.4, 0.5) is 0 Å². The van der Waals surface area contributed by atoms with Crippen LogP contribution in [0.25, 0.3) is 10.9 Å². The summed E-state index contributed by atoms with van der Waals surface area (Å²) in [5.41, 5.74) is 5.36. The molecule has 4 rings (SSSR count). The highest BCUT2D eigenvalue weighted by molar-refractivity contribution is 5.89. The number of benzene rings is 2. The van der Waals surface area contributed by atoms with E-state index >= 15 is 0 Å². The van der Waals surface area contributed by atoms with Gasteiger partial charge in [0.25, 0.3) is 0 Å². The molecule has 3 heteroatoms. The lowest BCUT2D eigenvalue weighted by atomic mass is 10.1. The molecule has 24 heavy (non-hydrogen) atoms. The van der Waals surface area contributed by atoms with Crippen molar-refractivity contribution in [1.29, 1.82) is 0 Å². The second-order valence-electron chi connectivity index (χ2n) is 6.96. The highest BCUT2D eigenvalue weighted by atomic mass is 16.5. The SMILES string of the molecule is CN(C)CCc1c[nH]c2cccc(OC3Cc4ccccc4C3)c12. The fourth-order valence-corrected chi connectivity index (χ4v) is 3.64. The Morgan fingerprint density at radius 1 is 1.04 bits per heavy atom. The molecule has 0 atom stereocenters. The Morgan fingerprint density at radius 2 is 1.79 bits per heavy atom. The minimum atomic E-state index is 0.240. The number of aromatic amines is 1. The third kappa shape index (κ3) is 2.92. The highest BCUT2D eigenvalue weighted by Crippen LogP contribution is 2.32. The van der Waals surface area contributed by atoms with Gasteiger partial charge in [-0.3, -0.25) is 0 Å². The Labute approximate surface area is 143 Å². The summed E-state index contributed by atoms with van der Waals surface area (Å²) in [5.74, 6) is 1.01. The first-order valence-corrected chi connectivity index (χ1v) is 8.68. The van der Waals surface area contributed by atoms with E-state index in [4.69, 9.17) is 4.74 Å². The van der Waals surface area contributed by atoms with Crippen molar-refractivity contribution in [3.63, 3.8) is 0 Å². The van der Waals surface area contributed by atoms with Crippen LogP contribution in [0.3, 0.4) is 0 Å². The average Bonchev–Trinajstić information content (AvgIpc) is 3.16. The first-order chi connectivity index (χ1) is 11.7. The molecule has 124 valence electrons. The molecule has 0 amide bonds. The largest absolute Gasteiger partial charge is 0.489 e. The van der Waals surface area contributed by atoms with Crippen molar-refractivity contribution in [2.24, 2.45) is 0 Å². The standard InChI is InChI=1S/C21H24N2O/c1-23(2)11-10-17-14-22-19-8-5-9-20(21(17)19)24-18-12-15-6-3-4-7-16(15)13-18/h3-9,14,18,22H,10-13H2,1-2H3. The number of hydrogen-bond acceptors (Lipinski definition) is 2. The highest BCUT2D eigenvalue weighted by Gasteiger charge is 2.23. The summed E-state index contributed by atoms with van der Waals surface area (Å²) in [6.45, 7) is 1.04. The zero-order valence-electron chi connectivity index (χ0n) is 14.4. The first kappa shape index (κ1) is 15.3. The molecule has 1 heterocycles. The molecule has 0 saturated heterocycles. The van der Waals surface area contributed by atoms with Crippen LogP contribution in [0.15, 0.2) is 48.7 Å². The number of fused-ring (bicyclic) bond motifs is 2. The van der Waals surface area contributed by atoms with Crippen molar-refractivity contribution in [3.05, 3.63) is 65.4 Å². The molecule has 0 spiro atoms. The van der Waals surface area contributed by atoms with Gasteiger partial charge in [-0.2, -0.15) is 0 Å². The summed E-state index contributed by atoms with van der Waals surface area (Å²) in [7, 11) is 4.23. The van der Waals surface area contributed by atoms with Gasteiger partial charge in [0.05, 0.1) is 0 Å². The number of aromatic nitrogens is 1. The smallest absolute Gasteiger partial charge is 0.129 e. The number of H-pyrrole nitrogens is 1. The monoisotopic (exact) mass is 320 g/mol. The molecule has 3 nitrogen and oxygen atoms in total. The van der Waals surface area contributed by atoms with Crippen LogP contribution in [-0.2, 0) is 19.3 Å². The number of ether oxygens (including phenoxy) is 1. The van der Waals surface area contributed by atoms with Gasteiger partial charge in [-0.05, 0) is 49.3 Å². The minimum Gasteiger partial charge on any atom is -0.489 e. The van der Waals surface area contributed by atoms with Crippen LogP contribution >= 0.6 is 0 Å². The van der Waals surface area contributed by atoms with E-state index in [1.807, 2.05) is 0 Å². The van der Waals surface area contributed by atoms with Crippen LogP contribution in [0.5, 0.6) is 5.75 Å². The van der Waals surface area contributed by atoms with E-state index < -0.39 is 0 Å². The van der Waals surface area contributed by atoms with Crippen molar-refractivity contribution in [2.75, 3.05) is 20.6 Å². The molecule has 3 aromatic rings. The molecular weight excluding hydrogens is 296 g/mol. The van der Waals surface area contributed by atoms with E-state index in [-0.39, 0.29) is 6.10 Å². The number of hydrogen-bond donors (Lipinski definition) is 1. The summed E-state index contributed by atoms with van der Waals surface area (Å²) >= 11 is 0. The van der Waals surface area contributed by atoms with Gasteiger partial charge in [0.1, 0.15) is 11.9 Å². The van der Waals surface area contributed by atoms with Gasteiger partial charge in [0.15, 0.2) is 0 Å². The number of rotatable bonds is 5. The van der Waals surface area contributed by atoms with Crippen LogP contribution in [0.2, 0.25) is 0 Å². The summed E-state index contributed by atoms with van der Waals surface area (Å²) in [4.78, 5) is 5.61. The predicted molar refractivity (Wildman–Crippen MR) is 98.8 cm³/mol. The third-order valence-corrected chi connectivity index (χ3v) is 4.88. The average molecular weight is 320 g/mol. The molecular formula is C21H24N2O. The van der Waals surface area contributed by atoms with E-state index in [9.17, 15) is 0 Å². The predicted octanol–water partition coefficient (Wildman–Crippen LogP) is 3.82. The Hall–Kier alpha value is -2.26. The maximum Gasteiger partial charge on any atom is 0.129 e.